The van der Waals surface area contributed by atoms with Crippen molar-refractivity contribution in [3.63, 3.8) is 0 Å². The molecule has 1 fully saturated rings. The third-order valence-corrected chi connectivity index (χ3v) is 8.95. The Hall–Kier alpha value is -2.73. The highest BCUT2D eigenvalue weighted by Gasteiger charge is 2.29. The molecule has 10 nitrogen and oxygen atoms in total. The van der Waals surface area contributed by atoms with Gasteiger partial charge in [-0.2, -0.15) is 0 Å². The summed E-state index contributed by atoms with van der Waals surface area (Å²) >= 11 is 0. The molecule has 0 unspecified atom stereocenters. The number of ether oxygens (including phenoxy) is 2. The molecule has 40 heavy (non-hydrogen) atoms. The molecule has 1 aromatic rings. The molecule has 222 valence electrons. The third-order valence-electron chi connectivity index (χ3n) is 7.54. The van der Waals surface area contributed by atoms with Gasteiger partial charge in [-0.25, -0.2) is 17.9 Å². The molecule has 1 aromatic carbocycles. The van der Waals surface area contributed by atoms with Crippen LogP contribution in [0.3, 0.4) is 0 Å². The SMILES string of the molecule is CNS(=O)(=O)c1cccc(/C=C(\C)[C@H]2OC(=O)C[C@H](O)CC[C@H](C)[C@@H](OC(=O)N3CCN(C)CC3)/C=C\[C@@H]2C)c1. The molecule has 5 atom stereocenters. The number of carbonyl (C=O) groups is 2. The molecule has 1 amide bonds. The van der Waals surface area contributed by atoms with Crippen LogP contribution in [0.15, 0.2) is 46.9 Å². The monoisotopic (exact) mass is 577 g/mol. The lowest BCUT2D eigenvalue weighted by Crippen LogP contribution is -2.48. The Morgan fingerprint density at radius 2 is 1.85 bits per heavy atom. The zero-order valence-corrected chi connectivity index (χ0v) is 24.9. The molecule has 2 N–H and O–H groups in total. The van der Waals surface area contributed by atoms with Crippen LogP contribution in [0.2, 0.25) is 0 Å². The van der Waals surface area contributed by atoms with Gasteiger partial charge in [-0.15, -0.1) is 0 Å². The van der Waals surface area contributed by atoms with Crippen LogP contribution in [0.5, 0.6) is 0 Å². The Bertz CT molecular complexity index is 1190. The minimum Gasteiger partial charge on any atom is -0.457 e. The minimum absolute atomic E-state index is 0.0723. The first-order chi connectivity index (χ1) is 18.9. The lowest BCUT2D eigenvalue weighted by atomic mass is 9.91. The highest BCUT2D eigenvalue weighted by molar-refractivity contribution is 7.89. The Kier molecular flexibility index (Phi) is 11.3. The molecule has 0 bridgehead atoms. The number of carbonyl (C=O) groups excluding carboxylic acids is 2. The predicted octanol–water partition coefficient (Wildman–Crippen LogP) is 3.04. The maximum atomic E-state index is 13.0. The van der Waals surface area contributed by atoms with Crippen LogP contribution in [0.25, 0.3) is 6.08 Å². The average molecular weight is 578 g/mol. The summed E-state index contributed by atoms with van der Waals surface area (Å²) in [6, 6.07) is 6.48. The van der Waals surface area contributed by atoms with E-state index in [0.717, 1.165) is 13.1 Å². The lowest BCUT2D eigenvalue weighted by Gasteiger charge is -2.33. The lowest BCUT2D eigenvalue weighted by molar-refractivity contribution is -0.151. The van der Waals surface area contributed by atoms with Crippen LogP contribution in [0, 0.1) is 11.8 Å². The summed E-state index contributed by atoms with van der Waals surface area (Å²) < 4.78 is 38.6. The Labute approximate surface area is 238 Å². The number of aliphatic hydroxyl groups is 1. The van der Waals surface area contributed by atoms with Gasteiger partial charge in [-0.1, -0.05) is 38.1 Å². The Morgan fingerprint density at radius 3 is 2.52 bits per heavy atom. The van der Waals surface area contributed by atoms with E-state index < -0.39 is 34.3 Å². The first-order valence-corrected chi connectivity index (χ1v) is 15.3. The van der Waals surface area contributed by atoms with E-state index in [2.05, 4.69) is 9.62 Å². The topological polar surface area (TPSA) is 125 Å². The van der Waals surface area contributed by atoms with Crippen LogP contribution >= 0.6 is 0 Å². The molecule has 0 saturated carbocycles. The maximum absolute atomic E-state index is 13.0. The number of nitrogens with zero attached hydrogens (tertiary/aromatic N) is 2. The number of piperazine rings is 1. The normalized spacial score (nSPS) is 28.6. The number of esters is 1. The van der Waals surface area contributed by atoms with Crippen molar-refractivity contribution < 1.29 is 32.6 Å². The molecule has 2 heterocycles. The Balaban J connectivity index is 1.87. The number of aliphatic hydroxyl groups excluding tert-OH is 1. The number of hydrogen-bond donors (Lipinski definition) is 2. The number of rotatable bonds is 5. The van der Waals surface area contributed by atoms with Gasteiger partial charge in [0.15, 0.2) is 0 Å². The van der Waals surface area contributed by atoms with E-state index >= 15 is 0 Å². The van der Waals surface area contributed by atoms with Crippen molar-refractivity contribution in [1.82, 2.24) is 14.5 Å². The molecule has 1 saturated heterocycles. The highest BCUT2D eigenvalue weighted by atomic mass is 32.2. The number of benzene rings is 1. The van der Waals surface area contributed by atoms with Crippen LogP contribution in [-0.4, -0.2) is 94.0 Å². The number of cyclic esters (lactones) is 1. The fourth-order valence-electron chi connectivity index (χ4n) is 4.86. The highest BCUT2D eigenvalue weighted by Crippen LogP contribution is 2.26. The molecule has 2 aliphatic heterocycles. The van der Waals surface area contributed by atoms with E-state index in [9.17, 15) is 23.1 Å². The number of sulfonamides is 1. The maximum Gasteiger partial charge on any atom is 0.410 e. The Morgan fingerprint density at radius 1 is 1.15 bits per heavy atom. The van der Waals surface area contributed by atoms with Crippen molar-refractivity contribution in [2.75, 3.05) is 40.3 Å². The molecule has 3 rings (SSSR count). The van der Waals surface area contributed by atoms with Crippen molar-refractivity contribution in [2.24, 2.45) is 11.8 Å². The van der Waals surface area contributed by atoms with Crippen molar-refractivity contribution in [3.05, 3.63) is 47.6 Å². The largest absolute Gasteiger partial charge is 0.457 e. The van der Waals surface area contributed by atoms with E-state index in [0.29, 0.717) is 37.1 Å². The second-order valence-electron chi connectivity index (χ2n) is 10.9. The number of likely N-dealkylation sites (N-methyl/N-ethyl adjacent to an activating group) is 1. The summed E-state index contributed by atoms with van der Waals surface area (Å²) in [7, 11) is -0.242. The van der Waals surface area contributed by atoms with Gasteiger partial charge >= 0.3 is 12.1 Å². The number of amides is 1. The van der Waals surface area contributed by atoms with E-state index in [1.165, 1.54) is 13.1 Å². The van der Waals surface area contributed by atoms with Crippen molar-refractivity contribution >= 4 is 28.2 Å². The van der Waals surface area contributed by atoms with E-state index in [-0.39, 0.29) is 29.2 Å². The minimum atomic E-state index is -3.62. The molecular formula is C29H43N3O7S. The second-order valence-corrected chi connectivity index (χ2v) is 12.8. The first-order valence-electron chi connectivity index (χ1n) is 13.8. The fourth-order valence-corrected chi connectivity index (χ4v) is 5.65. The van der Waals surface area contributed by atoms with Gasteiger partial charge in [0.1, 0.15) is 12.2 Å². The van der Waals surface area contributed by atoms with Crippen molar-refractivity contribution in [1.29, 1.82) is 0 Å². The molecule has 11 heteroatoms. The summed E-state index contributed by atoms with van der Waals surface area (Å²) in [5.74, 6) is -0.877. The summed E-state index contributed by atoms with van der Waals surface area (Å²) in [6.07, 6.45) is 3.91. The molecule has 0 aromatic heterocycles. The molecule has 2 aliphatic rings. The number of nitrogens with one attached hydrogen (secondary N) is 1. The summed E-state index contributed by atoms with van der Waals surface area (Å²) in [4.78, 5) is 29.7. The van der Waals surface area contributed by atoms with Crippen molar-refractivity contribution in [2.45, 2.75) is 63.2 Å². The summed E-state index contributed by atoms with van der Waals surface area (Å²) in [6.45, 7) is 8.48. The van der Waals surface area contributed by atoms with Gasteiger partial charge in [0.25, 0.3) is 0 Å². The summed E-state index contributed by atoms with van der Waals surface area (Å²) in [5.41, 5.74) is 1.34. The van der Waals surface area contributed by atoms with Crippen LogP contribution in [0.4, 0.5) is 4.79 Å². The molecular weight excluding hydrogens is 534 g/mol. The van der Waals surface area contributed by atoms with Crippen LogP contribution in [-0.2, 0) is 24.3 Å². The fraction of sp³-hybridized carbons (Fsp3) is 0.586. The van der Waals surface area contributed by atoms with E-state index in [1.54, 1.807) is 29.2 Å². The van der Waals surface area contributed by atoms with Gasteiger partial charge in [0, 0.05) is 32.1 Å². The zero-order valence-electron chi connectivity index (χ0n) is 24.1. The predicted molar refractivity (Wildman–Crippen MR) is 153 cm³/mol. The van der Waals surface area contributed by atoms with Crippen molar-refractivity contribution in [3.8, 4) is 0 Å². The van der Waals surface area contributed by atoms with Gasteiger partial charge < -0.3 is 24.4 Å². The average Bonchev–Trinajstić information content (AvgIpc) is 2.92. The first kappa shape index (κ1) is 31.8. The standard InChI is InChI=1S/C29H43N3O7S/c1-20-9-11-24(33)19-27(34)39-28(22(3)17-23-7-6-8-25(18-23)40(36,37)30-4)21(2)10-12-26(20)38-29(35)32-15-13-31(5)14-16-32/h6-8,10,12,17-18,20-21,24,26,28,30,33H,9,11,13-16,19H2,1-5H3/b12-10-,22-17+/t20-,21-,24+,26-,28-/m0/s1. The van der Waals surface area contributed by atoms with E-state index in [4.69, 9.17) is 9.47 Å². The third kappa shape index (κ3) is 8.89. The van der Waals surface area contributed by atoms with Crippen LogP contribution in [0.1, 0.15) is 45.6 Å². The van der Waals surface area contributed by atoms with Gasteiger partial charge in [0.2, 0.25) is 10.0 Å². The zero-order chi connectivity index (χ0) is 29.4. The van der Waals surface area contributed by atoms with Gasteiger partial charge in [0.05, 0.1) is 17.4 Å². The molecule has 0 radical (unpaired) electrons. The number of hydrogen-bond acceptors (Lipinski definition) is 8. The quantitative estimate of drug-likeness (QED) is 0.404. The van der Waals surface area contributed by atoms with Gasteiger partial charge in [-0.3, -0.25) is 4.79 Å². The van der Waals surface area contributed by atoms with E-state index in [1.807, 2.05) is 40.0 Å². The summed E-state index contributed by atoms with van der Waals surface area (Å²) in [5, 5.41) is 10.5. The second kappa shape index (κ2) is 14.2. The van der Waals surface area contributed by atoms with Crippen LogP contribution < -0.4 is 4.72 Å². The smallest absolute Gasteiger partial charge is 0.410 e. The molecule has 0 aliphatic carbocycles. The van der Waals surface area contributed by atoms with Gasteiger partial charge in [-0.05, 0) is 69.1 Å². The molecule has 0 spiro atoms.